The van der Waals surface area contributed by atoms with Gasteiger partial charge in [-0.3, -0.25) is 9.79 Å². The number of nitrogens with zero attached hydrogens (tertiary/aromatic N) is 3. The lowest BCUT2D eigenvalue weighted by Crippen LogP contribution is -2.54. The lowest BCUT2D eigenvalue weighted by molar-refractivity contribution is -0.140. The predicted octanol–water partition coefficient (Wildman–Crippen LogP) is 0.115. The molecule has 0 aliphatic carbocycles. The van der Waals surface area contributed by atoms with E-state index in [1.165, 1.54) is 11.4 Å². The van der Waals surface area contributed by atoms with Crippen LogP contribution in [0.15, 0.2) is 4.99 Å². The summed E-state index contributed by atoms with van der Waals surface area (Å²) in [5.74, 6) is 0.365. The zero-order valence-electron chi connectivity index (χ0n) is 15.9. The van der Waals surface area contributed by atoms with E-state index in [2.05, 4.69) is 15.0 Å². The van der Waals surface area contributed by atoms with Crippen LogP contribution in [0.25, 0.3) is 0 Å². The normalized spacial score (nSPS) is 16.3. The fraction of sp³-hybridized carbons (Fsp3) is 0.867. The monoisotopic (exact) mass is 506 g/mol. The number of halogens is 1. The van der Waals surface area contributed by atoms with E-state index in [4.69, 9.17) is 4.74 Å². The Morgan fingerprint density at radius 2 is 1.85 bits per heavy atom. The molecule has 0 spiro atoms. The molecule has 1 N–H and O–H groups in total. The first-order valence-corrected chi connectivity index (χ1v) is 10.0. The number of aliphatic imine (C=N–C) groups is 1. The highest BCUT2D eigenvalue weighted by molar-refractivity contribution is 14.0. The van der Waals surface area contributed by atoms with Crippen molar-refractivity contribution >= 4 is 45.9 Å². The molecule has 1 rings (SSSR count). The van der Waals surface area contributed by atoms with Crippen molar-refractivity contribution in [1.29, 1.82) is 0 Å². The summed E-state index contributed by atoms with van der Waals surface area (Å²) < 4.78 is 36.1. The van der Waals surface area contributed by atoms with Crippen molar-refractivity contribution in [3.05, 3.63) is 0 Å². The third kappa shape index (κ3) is 8.82. The van der Waals surface area contributed by atoms with E-state index in [0.29, 0.717) is 38.7 Å². The average molecular weight is 506 g/mol. The number of guanidine groups is 1. The highest BCUT2D eigenvalue weighted by Gasteiger charge is 2.27. The zero-order chi connectivity index (χ0) is 18.9. The molecule has 26 heavy (non-hydrogen) atoms. The molecular weight excluding hydrogens is 475 g/mol. The first-order chi connectivity index (χ1) is 11.8. The maximum absolute atomic E-state index is 12.3. The number of carbonyl (C=O) groups excluding carboxylic acids is 1. The maximum Gasteiger partial charge on any atom is 0.307 e. The van der Waals surface area contributed by atoms with Crippen molar-refractivity contribution in [3.8, 4) is 0 Å². The van der Waals surface area contributed by atoms with Gasteiger partial charge in [-0.25, -0.2) is 8.42 Å². The average Bonchev–Trinajstić information content (AvgIpc) is 2.58. The minimum Gasteiger partial charge on any atom is -0.469 e. The number of rotatable bonds is 8. The number of sulfonamides is 1. The second-order valence-corrected chi connectivity index (χ2v) is 8.01. The van der Waals surface area contributed by atoms with E-state index in [0.717, 1.165) is 0 Å². The second-order valence-electron chi connectivity index (χ2n) is 5.92. The first-order valence-electron chi connectivity index (χ1n) is 8.42. The Bertz CT molecular complexity index is 548. The molecule has 154 valence electrons. The van der Waals surface area contributed by atoms with Crippen LogP contribution < -0.4 is 5.32 Å². The van der Waals surface area contributed by atoms with Crippen LogP contribution in [-0.4, -0.2) is 94.9 Å². The lowest BCUT2D eigenvalue weighted by Gasteiger charge is -2.35. The SMILES string of the molecule is CN=C(NCCC(=O)OC)N1CCN(S(=O)(=O)CCOC(C)C)CC1.I. The molecule has 1 saturated heterocycles. The van der Waals surface area contributed by atoms with Gasteiger partial charge in [0.05, 0.1) is 32.0 Å². The summed E-state index contributed by atoms with van der Waals surface area (Å²) >= 11 is 0. The van der Waals surface area contributed by atoms with Gasteiger partial charge in [-0.2, -0.15) is 4.31 Å². The van der Waals surface area contributed by atoms with Gasteiger partial charge in [-0.15, -0.1) is 24.0 Å². The largest absolute Gasteiger partial charge is 0.469 e. The third-order valence-corrected chi connectivity index (χ3v) is 5.61. The van der Waals surface area contributed by atoms with Gasteiger partial charge in [0, 0.05) is 39.8 Å². The molecule has 0 aromatic heterocycles. The summed E-state index contributed by atoms with van der Waals surface area (Å²) in [4.78, 5) is 17.3. The predicted molar refractivity (Wildman–Crippen MR) is 111 cm³/mol. The fourth-order valence-corrected chi connectivity index (χ4v) is 3.69. The summed E-state index contributed by atoms with van der Waals surface area (Å²) in [6.45, 7) is 6.28. The summed E-state index contributed by atoms with van der Waals surface area (Å²) in [5.41, 5.74) is 0. The topological polar surface area (TPSA) is 101 Å². The van der Waals surface area contributed by atoms with Crippen LogP contribution in [0.4, 0.5) is 0 Å². The van der Waals surface area contributed by atoms with Gasteiger partial charge in [0.15, 0.2) is 5.96 Å². The quantitative estimate of drug-likeness (QED) is 0.216. The third-order valence-electron chi connectivity index (χ3n) is 3.78. The van der Waals surface area contributed by atoms with Gasteiger partial charge in [0.1, 0.15) is 0 Å². The smallest absolute Gasteiger partial charge is 0.307 e. The number of piperazine rings is 1. The highest BCUT2D eigenvalue weighted by Crippen LogP contribution is 2.09. The Morgan fingerprint density at radius 1 is 1.23 bits per heavy atom. The molecular formula is C15H31IN4O5S. The molecule has 0 amide bonds. The number of carbonyl (C=O) groups is 1. The fourth-order valence-electron chi connectivity index (χ4n) is 2.41. The van der Waals surface area contributed by atoms with Gasteiger partial charge in [-0.05, 0) is 13.8 Å². The second kappa shape index (κ2) is 12.7. The number of esters is 1. The van der Waals surface area contributed by atoms with E-state index < -0.39 is 10.0 Å². The molecule has 9 nitrogen and oxygen atoms in total. The maximum atomic E-state index is 12.3. The lowest BCUT2D eigenvalue weighted by atomic mass is 10.4. The first kappa shape index (κ1) is 25.3. The molecule has 0 atom stereocenters. The van der Waals surface area contributed by atoms with E-state index in [9.17, 15) is 13.2 Å². The number of ether oxygens (including phenoxy) is 2. The number of nitrogens with one attached hydrogen (secondary N) is 1. The van der Waals surface area contributed by atoms with Crippen LogP contribution >= 0.6 is 24.0 Å². The number of hydrogen-bond acceptors (Lipinski definition) is 6. The Balaban J connectivity index is 0.00000625. The molecule has 11 heteroatoms. The van der Waals surface area contributed by atoms with Crippen molar-refractivity contribution < 1.29 is 22.7 Å². The van der Waals surface area contributed by atoms with Gasteiger partial charge in [-0.1, -0.05) is 0 Å². The van der Waals surface area contributed by atoms with Crippen LogP contribution in [0, 0.1) is 0 Å². The van der Waals surface area contributed by atoms with Gasteiger partial charge in [0.25, 0.3) is 0 Å². The van der Waals surface area contributed by atoms with Crippen molar-refractivity contribution in [2.45, 2.75) is 26.4 Å². The van der Waals surface area contributed by atoms with Crippen molar-refractivity contribution in [2.75, 3.05) is 59.2 Å². The molecule has 1 aliphatic rings. The Morgan fingerprint density at radius 3 is 2.35 bits per heavy atom. The Hall–Kier alpha value is -0.660. The van der Waals surface area contributed by atoms with E-state index in [1.807, 2.05) is 18.7 Å². The van der Waals surface area contributed by atoms with Crippen LogP contribution in [-0.2, 0) is 24.3 Å². The van der Waals surface area contributed by atoms with Crippen molar-refractivity contribution in [1.82, 2.24) is 14.5 Å². The molecule has 0 radical (unpaired) electrons. The van der Waals surface area contributed by atoms with E-state index >= 15 is 0 Å². The van der Waals surface area contributed by atoms with Gasteiger partial charge >= 0.3 is 5.97 Å². The number of hydrogen-bond donors (Lipinski definition) is 1. The molecule has 0 aromatic rings. The van der Waals surface area contributed by atoms with Crippen LogP contribution in [0.2, 0.25) is 0 Å². The van der Waals surface area contributed by atoms with Crippen molar-refractivity contribution in [2.24, 2.45) is 4.99 Å². The molecule has 0 bridgehead atoms. The standard InChI is InChI=1S/C15H30N4O5S.HI/c1-13(2)24-11-12-25(21,22)19-9-7-18(8-10-19)15(16-3)17-6-5-14(20)23-4;/h13H,5-12H2,1-4H3,(H,16,17);1H. The summed E-state index contributed by atoms with van der Waals surface area (Å²) in [6, 6.07) is 0. The highest BCUT2D eigenvalue weighted by atomic mass is 127. The van der Waals surface area contributed by atoms with Crippen LogP contribution in [0.1, 0.15) is 20.3 Å². The Kier molecular flexibility index (Phi) is 12.4. The van der Waals surface area contributed by atoms with Crippen LogP contribution in [0.5, 0.6) is 0 Å². The Labute approximate surface area is 173 Å². The molecule has 1 aliphatic heterocycles. The molecule has 0 aromatic carbocycles. The molecule has 1 heterocycles. The van der Waals surface area contributed by atoms with E-state index in [1.54, 1.807) is 7.05 Å². The van der Waals surface area contributed by atoms with Crippen LogP contribution in [0.3, 0.4) is 0 Å². The molecule has 0 saturated carbocycles. The molecule has 1 fully saturated rings. The van der Waals surface area contributed by atoms with Gasteiger partial charge < -0.3 is 19.7 Å². The summed E-state index contributed by atoms with van der Waals surface area (Å²) in [5, 5.41) is 3.09. The number of methoxy groups -OCH3 is 1. The van der Waals surface area contributed by atoms with E-state index in [-0.39, 0.29) is 54.8 Å². The molecule has 0 unspecified atom stereocenters. The summed E-state index contributed by atoms with van der Waals surface area (Å²) in [6.07, 6.45) is 0.270. The summed E-state index contributed by atoms with van der Waals surface area (Å²) in [7, 11) is -0.296. The minimum absolute atomic E-state index is 0. The van der Waals surface area contributed by atoms with Gasteiger partial charge in [0.2, 0.25) is 10.0 Å². The minimum atomic E-state index is -3.31. The zero-order valence-corrected chi connectivity index (χ0v) is 19.1. The van der Waals surface area contributed by atoms with Crippen molar-refractivity contribution in [3.63, 3.8) is 0 Å².